The van der Waals surface area contributed by atoms with E-state index >= 15 is 0 Å². The van der Waals surface area contributed by atoms with Crippen molar-refractivity contribution in [2.75, 3.05) is 0 Å². The van der Waals surface area contributed by atoms with E-state index in [-0.39, 0.29) is 12.2 Å². The molecule has 0 aliphatic heterocycles. The molecule has 1 rings (SSSR count). The number of pyridine rings is 1. The van der Waals surface area contributed by atoms with E-state index in [9.17, 15) is 4.79 Å². The van der Waals surface area contributed by atoms with Gasteiger partial charge in [-0.1, -0.05) is 0 Å². The highest BCUT2D eigenvalue weighted by Gasteiger charge is 2.01. The maximum Gasteiger partial charge on any atom is 0.253 e. The quantitative estimate of drug-likeness (QED) is 0.616. The summed E-state index contributed by atoms with van der Waals surface area (Å²) >= 11 is 0. The van der Waals surface area contributed by atoms with Crippen molar-refractivity contribution < 1.29 is 5.11 Å². The molecule has 0 unspecified atom stereocenters. The third-order valence-electron chi connectivity index (χ3n) is 1.65. The van der Waals surface area contributed by atoms with Crippen LogP contribution in [0.25, 0.3) is 0 Å². The highest BCUT2D eigenvalue weighted by molar-refractivity contribution is 5.23. The van der Waals surface area contributed by atoms with Crippen LogP contribution in [0.2, 0.25) is 0 Å². The van der Waals surface area contributed by atoms with Crippen molar-refractivity contribution >= 4 is 0 Å². The van der Waals surface area contributed by atoms with Crippen molar-refractivity contribution in [2.45, 2.75) is 20.5 Å². The minimum absolute atomic E-state index is 0.190. The molecular formula is C8H11NO2. The van der Waals surface area contributed by atoms with E-state index in [0.717, 1.165) is 11.3 Å². The number of nitrogens with one attached hydrogen (secondary N) is 1. The molecule has 0 saturated heterocycles. The Bertz CT molecular complexity index is 314. The first-order valence-electron chi connectivity index (χ1n) is 3.45. The van der Waals surface area contributed by atoms with Gasteiger partial charge in [0.1, 0.15) is 0 Å². The monoisotopic (exact) mass is 153 g/mol. The summed E-state index contributed by atoms with van der Waals surface area (Å²) in [6.07, 6.45) is 0. The fourth-order valence-electron chi connectivity index (χ4n) is 1.08. The molecule has 0 amide bonds. The van der Waals surface area contributed by atoms with Crippen LogP contribution in [0.1, 0.15) is 16.8 Å². The van der Waals surface area contributed by atoms with Gasteiger partial charge < -0.3 is 10.1 Å². The van der Waals surface area contributed by atoms with Gasteiger partial charge in [-0.05, 0) is 25.5 Å². The Morgan fingerprint density at radius 1 is 1.55 bits per heavy atom. The minimum atomic E-state index is -0.193. The first-order valence-corrected chi connectivity index (χ1v) is 3.45. The first kappa shape index (κ1) is 8.01. The molecule has 2 N–H and O–H groups in total. The summed E-state index contributed by atoms with van der Waals surface area (Å²) in [4.78, 5) is 13.7. The molecule has 0 aliphatic carbocycles. The van der Waals surface area contributed by atoms with Crippen LogP contribution in [0.15, 0.2) is 10.9 Å². The van der Waals surface area contributed by atoms with Crippen molar-refractivity contribution in [2.24, 2.45) is 0 Å². The number of aromatic amines is 1. The number of aryl methyl sites for hydroxylation is 2. The maximum atomic E-state index is 11.1. The number of H-pyrrole nitrogens is 1. The zero-order chi connectivity index (χ0) is 8.43. The average Bonchev–Trinajstić information content (AvgIpc) is 1.85. The number of aliphatic hydroxyl groups is 1. The third kappa shape index (κ3) is 1.49. The van der Waals surface area contributed by atoms with Crippen LogP contribution in [0, 0.1) is 13.8 Å². The van der Waals surface area contributed by atoms with E-state index in [0.29, 0.717) is 5.56 Å². The van der Waals surface area contributed by atoms with Gasteiger partial charge >= 0.3 is 0 Å². The molecule has 11 heavy (non-hydrogen) atoms. The average molecular weight is 153 g/mol. The van der Waals surface area contributed by atoms with Crippen LogP contribution in [-0.4, -0.2) is 10.1 Å². The molecule has 3 heteroatoms. The van der Waals surface area contributed by atoms with Gasteiger partial charge in [0.15, 0.2) is 0 Å². The molecule has 0 radical (unpaired) electrons. The van der Waals surface area contributed by atoms with Crippen molar-refractivity contribution in [1.82, 2.24) is 4.98 Å². The molecular weight excluding hydrogens is 142 g/mol. The maximum absolute atomic E-state index is 11.1. The SMILES string of the molecule is Cc1cc(C)c(CO)c(=O)[nH]1. The molecule has 0 fully saturated rings. The molecule has 1 heterocycles. The van der Waals surface area contributed by atoms with Crippen LogP contribution in [0.5, 0.6) is 0 Å². The number of hydrogen-bond donors (Lipinski definition) is 2. The topological polar surface area (TPSA) is 53.1 Å². The van der Waals surface area contributed by atoms with Gasteiger partial charge in [0, 0.05) is 11.3 Å². The molecule has 0 spiro atoms. The lowest BCUT2D eigenvalue weighted by Crippen LogP contribution is -2.15. The molecule has 1 aromatic heterocycles. The van der Waals surface area contributed by atoms with E-state index in [1.54, 1.807) is 0 Å². The van der Waals surface area contributed by atoms with Crippen molar-refractivity contribution in [3.63, 3.8) is 0 Å². The third-order valence-corrected chi connectivity index (χ3v) is 1.65. The fourth-order valence-corrected chi connectivity index (χ4v) is 1.08. The molecule has 0 saturated carbocycles. The van der Waals surface area contributed by atoms with Gasteiger partial charge in [-0.2, -0.15) is 0 Å². The molecule has 0 aromatic carbocycles. The second-order valence-corrected chi connectivity index (χ2v) is 2.60. The number of aliphatic hydroxyl groups excluding tert-OH is 1. The van der Waals surface area contributed by atoms with Crippen LogP contribution < -0.4 is 5.56 Å². The van der Waals surface area contributed by atoms with Crippen LogP contribution >= 0.6 is 0 Å². The zero-order valence-corrected chi connectivity index (χ0v) is 6.64. The largest absolute Gasteiger partial charge is 0.391 e. The van der Waals surface area contributed by atoms with Crippen molar-refractivity contribution in [3.8, 4) is 0 Å². The summed E-state index contributed by atoms with van der Waals surface area (Å²) in [7, 11) is 0. The normalized spacial score (nSPS) is 10.1. The fraction of sp³-hybridized carbons (Fsp3) is 0.375. The number of hydrogen-bond acceptors (Lipinski definition) is 2. The molecule has 3 nitrogen and oxygen atoms in total. The van der Waals surface area contributed by atoms with E-state index < -0.39 is 0 Å². The lowest BCUT2D eigenvalue weighted by Gasteiger charge is -2.01. The Hall–Kier alpha value is -1.09. The Morgan fingerprint density at radius 2 is 2.18 bits per heavy atom. The van der Waals surface area contributed by atoms with Gasteiger partial charge in [-0.3, -0.25) is 4.79 Å². The van der Waals surface area contributed by atoms with Gasteiger partial charge in [-0.15, -0.1) is 0 Å². The Kier molecular flexibility index (Phi) is 2.10. The van der Waals surface area contributed by atoms with Crippen molar-refractivity contribution in [1.29, 1.82) is 0 Å². The van der Waals surface area contributed by atoms with Gasteiger partial charge in [0.2, 0.25) is 0 Å². The highest BCUT2D eigenvalue weighted by atomic mass is 16.3. The van der Waals surface area contributed by atoms with E-state index in [1.165, 1.54) is 0 Å². The van der Waals surface area contributed by atoms with Gasteiger partial charge in [0.05, 0.1) is 6.61 Å². The van der Waals surface area contributed by atoms with E-state index in [1.807, 2.05) is 19.9 Å². The molecule has 1 aromatic rings. The Labute approximate surface area is 64.7 Å². The van der Waals surface area contributed by atoms with Crippen LogP contribution in [0.3, 0.4) is 0 Å². The highest BCUT2D eigenvalue weighted by Crippen LogP contribution is 2.02. The molecule has 0 bridgehead atoms. The second kappa shape index (κ2) is 2.88. The number of aromatic nitrogens is 1. The second-order valence-electron chi connectivity index (χ2n) is 2.60. The van der Waals surface area contributed by atoms with E-state index in [4.69, 9.17) is 5.11 Å². The summed E-state index contributed by atoms with van der Waals surface area (Å²) in [6.45, 7) is 3.44. The molecule has 0 aliphatic rings. The standard InChI is InChI=1S/C8H11NO2/c1-5-3-6(2)9-8(11)7(5)4-10/h3,10H,4H2,1-2H3,(H,9,11). The predicted octanol–water partition coefficient (Wildman–Crippen LogP) is 0.484. The smallest absolute Gasteiger partial charge is 0.253 e. The Morgan fingerprint density at radius 3 is 2.64 bits per heavy atom. The lowest BCUT2D eigenvalue weighted by atomic mass is 10.1. The first-order chi connectivity index (χ1) is 5.15. The minimum Gasteiger partial charge on any atom is -0.391 e. The summed E-state index contributed by atoms with van der Waals surface area (Å²) in [5.74, 6) is 0. The molecule has 0 atom stereocenters. The Balaban J connectivity index is 3.37. The van der Waals surface area contributed by atoms with Crippen LogP contribution in [-0.2, 0) is 6.61 Å². The number of rotatable bonds is 1. The zero-order valence-electron chi connectivity index (χ0n) is 6.64. The van der Waals surface area contributed by atoms with Gasteiger partial charge in [-0.25, -0.2) is 0 Å². The van der Waals surface area contributed by atoms with Gasteiger partial charge in [0.25, 0.3) is 5.56 Å². The predicted molar refractivity (Wildman–Crippen MR) is 42.5 cm³/mol. The lowest BCUT2D eigenvalue weighted by molar-refractivity contribution is 0.279. The summed E-state index contributed by atoms with van der Waals surface area (Å²) in [6, 6.07) is 1.84. The van der Waals surface area contributed by atoms with E-state index in [2.05, 4.69) is 4.98 Å². The van der Waals surface area contributed by atoms with Crippen molar-refractivity contribution in [3.05, 3.63) is 33.2 Å². The molecule has 60 valence electrons. The van der Waals surface area contributed by atoms with Crippen LogP contribution in [0.4, 0.5) is 0 Å². The summed E-state index contributed by atoms with van der Waals surface area (Å²) < 4.78 is 0. The summed E-state index contributed by atoms with van der Waals surface area (Å²) in [5, 5.41) is 8.77. The summed E-state index contributed by atoms with van der Waals surface area (Å²) in [5.41, 5.74) is 1.93.